The van der Waals surface area contributed by atoms with Crippen molar-refractivity contribution in [3.05, 3.63) is 29.6 Å². The molecule has 5 heteroatoms. The minimum absolute atomic E-state index is 0. The van der Waals surface area contributed by atoms with Crippen LogP contribution in [0.15, 0.2) is 18.2 Å². The first-order valence-electron chi connectivity index (χ1n) is 5.72. The molecule has 3 nitrogen and oxygen atoms in total. The monoisotopic (exact) mass is 274 g/mol. The van der Waals surface area contributed by atoms with Crippen LogP contribution in [0.4, 0.5) is 10.1 Å². The molecule has 1 atom stereocenters. The molecule has 0 saturated carbocycles. The fourth-order valence-corrected chi connectivity index (χ4v) is 1.58. The third-order valence-electron chi connectivity index (χ3n) is 2.44. The predicted octanol–water partition coefficient (Wildman–Crippen LogP) is 2.87. The summed E-state index contributed by atoms with van der Waals surface area (Å²) in [6.45, 7) is 5.81. The number of carbonyl (C=O) groups is 1. The van der Waals surface area contributed by atoms with E-state index in [-0.39, 0.29) is 24.0 Å². The molecule has 0 aliphatic heterocycles. The van der Waals surface area contributed by atoms with Crippen LogP contribution in [0.5, 0.6) is 0 Å². The normalized spacial score (nSPS) is 11.9. The molecule has 1 aromatic carbocycles. The van der Waals surface area contributed by atoms with Gasteiger partial charge in [0.05, 0.1) is 11.7 Å². The van der Waals surface area contributed by atoms with Gasteiger partial charge < -0.3 is 11.1 Å². The van der Waals surface area contributed by atoms with Gasteiger partial charge in [0.25, 0.3) is 0 Å². The number of nitrogens with two attached hydrogens (primary N) is 1. The molecule has 18 heavy (non-hydrogen) atoms. The lowest BCUT2D eigenvalue weighted by Crippen LogP contribution is -2.36. The van der Waals surface area contributed by atoms with Crippen LogP contribution in [0.25, 0.3) is 0 Å². The summed E-state index contributed by atoms with van der Waals surface area (Å²) in [5.74, 6) is -0.456. The molecule has 0 aromatic heterocycles. The maximum absolute atomic E-state index is 13.4. The molecule has 0 aliphatic rings. The highest BCUT2D eigenvalue weighted by molar-refractivity contribution is 5.94. The molecule has 1 rings (SSSR count). The minimum atomic E-state index is -0.602. The van der Waals surface area contributed by atoms with Crippen LogP contribution < -0.4 is 11.1 Å². The summed E-state index contributed by atoms with van der Waals surface area (Å²) in [6, 6.07) is 3.97. The van der Waals surface area contributed by atoms with Crippen molar-refractivity contribution in [2.75, 3.05) is 5.32 Å². The van der Waals surface area contributed by atoms with Gasteiger partial charge in [0.2, 0.25) is 5.91 Å². The Bertz CT molecular complexity index is 410. The molecule has 0 spiro atoms. The zero-order valence-corrected chi connectivity index (χ0v) is 11.7. The van der Waals surface area contributed by atoms with Gasteiger partial charge in [-0.3, -0.25) is 4.79 Å². The predicted molar refractivity (Wildman–Crippen MR) is 74.4 cm³/mol. The molecule has 0 aliphatic carbocycles. The third kappa shape index (κ3) is 5.02. The summed E-state index contributed by atoms with van der Waals surface area (Å²) in [6.07, 6.45) is 0.583. The SMILES string of the molecule is Cc1ccc(F)c(NC(=O)[C@@H](N)CC(C)C)c1.Cl. The standard InChI is InChI=1S/C13H19FN2O.ClH/c1-8(2)6-11(15)13(17)16-12-7-9(3)4-5-10(12)14;/h4-5,7-8,11H,6,15H2,1-3H3,(H,16,17);1H/t11-;/m0./s1. The molecule has 0 saturated heterocycles. The lowest BCUT2D eigenvalue weighted by molar-refractivity contribution is -0.117. The van der Waals surface area contributed by atoms with E-state index in [0.29, 0.717) is 12.3 Å². The second-order valence-corrected chi connectivity index (χ2v) is 4.71. The Hall–Kier alpha value is -1.13. The van der Waals surface area contributed by atoms with Gasteiger partial charge >= 0.3 is 0 Å². The van der Waals surface area contributed by atoms with Gasteiger partial charge in [0.1, 0.15) is 5.82 Å². The van der Waals surface area contributed by atoms with Crippen LogP contribution in [0.1, 0.15) is 25.8 Å². The van der Waals surface area contributed by atoms with Crippen molar-refractivity contribution >= 4 is 24.0 Å². The zero-order chi connectivity index (χ0) is 13.0. The lowest BCUT2D eigenvalue weighted by atomic mass is 10.0. The highest BCUT2D eigenvalue weighted by Crippen LogP contribution is 2.16. The van der Waals surface area contributed by atoms with E-state index in [4.69, 9.17) is 5.73 Å². The molecule has 1 aromatic rings. The smallest absolute Gasteiger partial charge is 0.241 e. The van der Waals surface area contributed by atoms with Gasteiger partial charge in [-0.2, -0.15) is 0 Å². The van der Waals surface area contributed by atoms with Crippen molar-refractivity contribution < 1.29 is 9.18 Å². The van der Waals surface area contributed by atoms with E-state index in [1.807, 2.05) is 20.8 Å². The van der Waals surface area contributed by atoms with Crippen molar-refractivity contribution in [3.8, 4) is 0 Å². The van der Waals surface area contributed by atoms with Gasteiger partial charge in [-0.15, -0.1) is 12.4 Å². The molecular formula is C13H20ClFN2O. The van der Waals surface area contributed by atoms with Crippen LogP contribution in [0.3, 0.4) is 0 Å². The van der Waals surface area contributed by atoms with E-state index < -0.39 is 11.9 Å². The topological polar surface area (TPSA) is 55.1 Å². The average molecular weight is 275 g/mol. The maximum Gasteiger partial charge on any atom is 0.241 e. The minimum Gasteiger partial charge on any atom is -0.322 e. The van der Waals surface area contributed by atoms with Crippen LogP contribution in [-0.4, -0.2) is 11.9 Å². The quantitative estimate of drug-likeness (QED) is 0.887. The van der Waals surface area contributed by atoms with Gasteiger partial charge in [0.15, 0.2) is 0 Å². The average Bonchev–Trinajstić information content (AvgIpc) is 2.22. The van der Waals surface area contributed by atoms with Crippen molar-refractivity contribution in [1.82, 2.24) is 0 Å². The van der Waals surface area contributed by atoms with Gasteiger partial charge in [0, 0.05) is 0 Å². The molecule has 0 heterocycles. The number of halogens is 2. The second kappa shape index (κ2) is 7.34. The van der Waals surface area contributed by atoms with E-state index in [0.717, 1.165) is 5.56 Å². The molecular weight excluding hydrogens is 255 g/mol. The molecule has 102 valence electrons. The summed E-state index contributed by atoms with van der Waals surface area (Å²) < 4.78 is 13.4. The number of amides is 1. The lowest BCUT2D eigenvalue weighted by Gasteiger charge is -2.14. The molecule has 0 fully saturated rings. The van der Waals surface area contributed by atoms with Crippen LogP contribution in [0.2, 0.25) is 0 Å². The maximum atomic E-state index is 13.4. The number of nitrogens with one attached hydrogen (secondary N) is 1. The largest absolute Gasteiger partial charge is 0.322 e. The van der Waals surface area contributed by atoms with Crippen LogP contribution >= 0.6 is 12.4 Å². The number of anilines is 1. The van der Waals surface area contributed by atoms with E-state index in [2.05, 4.69) is 5.32 Å². The highest BCUT2D eigenvalue weighted by atomic mass is 35.5. The zero-order valence-electron chi connectivity index (χ0n) is 10.9. The van der Waals surface area contributed by atoms with E-state index in [1.165, 1.54) is 6.07 Å². The summed E-state index contributed by atoms with van der Waals surface area (Å²) in [7, 11) is 0. The Labute approximate surface area is 113 Å². The number of carbonyl (C=O) groups excluding carboxylic acids is 1. The summed E-state index contributed by atoms with van der Waals surface area (Å²) >= 11 is 0. The van der Waals surface area contributed by atoms with Crippen molar-refractivity contribution in [3.63, 3.8) is 0 Å². The summed E-state index contributed by atoms with van der Waals surface area (Å²) in [4.78, 5) is 11.7. The molecule has 0 bridgehead atoms. The number of benzene rings is 1. The third-order valence-corrected chi connectivity index (χ3v) is 2.44. The fourth-order valence-electron chi connectivity index (χ4n) is 1.58. The van der Waals surface area contributed by atoms with Gasteiger partial charge in [-0.1, -0.05) is 19.9 Å². The summed E-state index contributed by atoms with van der Waals surface area (Å²) in [5.41, 5.74) is 6.80. The Morgan fingerprint density at radius 2 is 2.06 bits per heavy atom. The fraction of sp³-hybridized carbons (Fsp3) is 0.462. The van der Waals surface area contributed by atoms with Crippen LogP contribution in [0, 0.1) is 18.7 Å². The van der Waals surface area contributed by atoms with Gasteiger partial charge in [-0.05, 0) is 37.0 Å². The second-order valence-electron chi connectivity index (χ2n) is 4.71. The van der Waals surface area contributed by atoms with E-state index >= 15 is 0 Å². The first-order valence-corrected chi connectivity index (χ1v) is 5.72. The Kier molecular flexibility index (Phi) is 6.88. The van der Waals surface area contributed by atoms with Gasteiger partial charge in [-0.25, -0.2) is 4.39 Å². The van der Waals surface area contributed by atoms with E-state index in [1.54, 1.807) is 12.1 Å². The Balaban J connectivity index is 0.00000289. The number of aryl methyl sites for hydroxylation is 1. The van der Waals surface area contributed by atoms with Crippen molar-refractivity contribution in [1.29, 1.82) is 0 Å². The van der Waals surface area contributed by atoms with Crippen molar-refractivity contribution in [2.45, 2.75) is 33.2 Å². The summed E-state index contributed by atoms with van der Waals surface area (Å²) in [5, 5.41) is 2.52. The molecule has 1 amide bonds. The Morgan fingerprint density at radius 3 is 2.61 bits per heavy atom. The molecule has 0 radical (unpaired) electrons. The van der Waals surface area contributed by atoms with E-state index in [9.17, 15) is 9.18 Å². The number of hydrogen-bond acceptors (Lipinski definition) is 2. The Morgan fingerprint density at radius 1 is 1.44 bits per heavy atom. The van der Waals surface area contributed by atoms with Crippen LogP contribution in [-0.2, 0) is 4.79 Å². The first kappa shape index (κ1) is 16.9. The first-order chi connectivity index (χ1) is 7.90. The van der Waals surface area contributed by atoms with Crippen molar-refractivity contribution in [2.24, 2.45) is 11.7 Å². The molecule has 0 unspecified atom stereocenters. The number of rotatable bonds is 4. The molecule has 3 N–H and O–H groups in total. The highest BCUT2D eigenvalue weighted by Gasteiger charge is 2.16. The number of hydrogen-bond donors (Lipinski definition) is 2.